The molecular weight excluding hydrogens is 323 g/mol. The molecule has 0 aromatic heterocycles. The van der Waals surface area contributed by atoms with Crippen molar-refractivity contribution >= 4 is 24.7 Å². The molecule has 0 radical (unpaired) electrons. The number of rotatable bonds is 2. The largest absolute Gasteiger partial charge is 0.444 e. The third-order valence-corrected chi connectivity index (χ3v) is 5.66. The topological polar surface area (TPSA) is 41.6 Å². The Bertz CT molecular complexity index is 713. The molecule has 3 aliphatic rings. The summed E-state index contributed by atoms with van der Waals surface area (Å²) in [5, 5.41) is 3.80. The van der Waals surface area contributed by atoms with Crippen LogP contribution in [0.5, 0.6) is 0 Å². The van der Waals surface area contributed by atoms with Crippen LogP contribution >= 0.6 is 0 Å². The van der Waals surface area contributed by atoms with E-state index in [1.165, 1.54) is 24.1 Å². The minimum atomic E-state index is -0.426. The Hall–Kier alpha value is -1.91. The average Bonchev–Trinajstić information content (AvgIpc) is 3.44. The van der Waals surface area contributed by atoms with Gasteiger partial charge in [0.15, 0.2) is 0 Å². The monoisotopic (exact) mass is 352 g/mol. The van der Waals surface area contributed by atoms with E-state index < -0.39 is 5.60 Å². The summed E-state index contributed by atoms with van der Waals surface area (Å²) in [4.78, 5) is 14.2. The SMILES string of the molecule is CC(C)(C)OC(=O)N1CCC(C2=Cc3ccccc3NB2C2CC2)CC1. The minimum absolute atomic E-state index is 0.171. The molecule has 1 amide bonds. The summed E-state index contributed by atoms with van der Waals surface area (Å²) in [5.74, 6) is 1.33. The molecule has 0 atom stereocenters. The second-order valence-corrected chi connectivity index (χ2v) is 8.93. The lowest BCUT2D eigenvalue weighted by Gasteiger charge is -2.37. The number of hydrogen-bond acceptors (Lipinski definition) is 3. The van der Waals surface area contributed by atoms with Gasteiger partial charge in [0.1, 0.15) is 5.60 Å². The summed E-state index contributed by atoms with van der Waals surface area (Å²) in [6.07, 6.45) is 6.96. The van der Waals surface area contributed by atoms with Crippen LogP contribution < -0.4 is 5.23 Å². The molecule has 1 aliphatic carbocycles. The Labute approximate surface area is 157 Å². The molecule has 1 saturated carbocycles. The number of fused-ring (bicyclic) bond motifs is 1. The van der Waals surface area contributed by atoms with Crippen molar-refractivity contribution in [3.05, 3.63) is 35.3 Å². The highest BCUT2D eigenvalue weighted by Crippen LogP contribution is 2.46. The van der Waals surface area contributed by atoms with E-state index in [1.54, 1.807) is 5.47 Å². The van der Waals surface area contributed by atoms with Gasteiger partial charge in [0.25, 0.3) is 6.85 Å². The first kappa shape index (κ1) is 17.5. The molecule has 138 valence electrons. The van der Waals surface area contributed by atoms with Crippen LogP contribution in [0.3, 0.4) is 0 Å². The van der Waals surface area contributed by atoms with Crippen LogP contribution in [0.2, 0.25) is 5.82 Å². The molecule has 2 fully saturated rings. The number of carbonyl (C=O) groups excluding carboxylic acids is 1. The van der Waals surface area contributed by atoms with Gasteiger partial charge in [0.2, 0.25) is 0 Å². The van der Waals surface area contributed by atoms with Gasteiger partial charge in [0, 0.05) is 18.8 Å². The van der Waals surface area contributed by atoms with Gasteiger partial charge < -0.3 is 14.9 Å². The summed E-state index contributed by atoms with van der Waals surface area (Å²) in [7, 11) is 0. The molecule has 1 N–H and O–H groups in total. The number of piperidine rings is 1. The number of para-hydroxylation sites is 1. The number of allylic oxidation sites excluding steroid dienone is 1. The van der Waals surface area contributed by atoms with Gasteiger partial charge >= 0.3 is 6.09 Å². The fourth-order valence-corrected chi connectivity index (χ4v) is 4.19. The van der Waals surface area contributed by atoms with Gasteiger partial charge in [-0.2, -0.15) is 0 Å². The number of nitrogens with zero attached hydrogens (tertiary/aromatic N) is 1. The highest BCUT2D eigenvalue weighted by Gasteiger charge is 2.42. The molecule has 4 nitrogen and oxygen atoms in total. The van der Waals surface area contributed by atoms with Crippen LogP contribution in [0.25, 0.3) is 6.08 Å². The lowest BCUT2D eigenvalue weighted by Crippen LogP contribution is -2.44. The zero-order chi connectivity index (χ0) is 18.3. The lowest BCUT2D eigenvalue weighted by atomic mass is 9.45. The first-order valence-corrected chi connectivity index (χ1v) is 9.96. The summed E-state index contributed by atoms with van der Waals surface area (Å²) >= 11 is 0. The Morgan fingerprint density at radius 2 is 1.85 bits per heavy atom. The molecule has 0 spiro atoms. The number of hydrogen-bond donors (Lipinski definition) is 1. The highest BCUT2D eigenvalue weighted by molar-refractivity contribution is 6.73. The smallest absolute Gasteiger partial charge is 0.410 e. The molecule has 4 rings (SSSR count). The van der Waals surface area contributed by atoms with Gasteiger partial charge in [-0.1, -0.05) is 42.6 Å². The summed E-state index contributed by atoms with van der Waals surface area (Å²) in [5.41, 5.74) is 3.69. The van der Waals surface area contributed by atoms with Crippen LogP contribution in [0.4, 0.5) is 10.5 Å². The number of ether oxygens (including phenoxy) is 1. The normalized spacial score (nSPS) is 21.0. The van der Waals surface area contributed by atoms with E-state index >= 15 is 0 Å². The van der Waals surface area contributed by atoms with Gasteiger partial charge in [-0.15, -0.1) is 0 Å². The number of anilines is 1. The van der Waals surface area contributed by atoms with Gasteiger partial charge in [0.05, 0.1) is 0 Å². The van der Waals surface area contributed by atoms with Crippen molar-refractivity contribution in [2.45, 2.75) is 57.9 Å². The van der Waals surface area contributed by atoms with Crippen molar-refractivity contribution < 1.29 is 9.53 Å². The fourth-order valence-electron chi connectivity index (χ4n) is 4.19. The number of benzene rings is 1. The average molecular weight is 352 g/mol. The van der Waals surface area contributed by atoms with E-state index in [4.69, 9.17) is 4.74 Å². The minimum Gasteiger partial charge on any atom is -0.444 e. The molecule has 2 heterocycles. The molecule has 2 aliphatic heterocycles. The predicted octanol–water partition coefficient (Wildman–Crippen LogP) is 4.84. The molecule has 1 aromatic rings. The van der Waals surface area contributed by atoms with Crippen LogP contribution in [0.1, 0.15) is 52.0 Å². The zero-order valence-corrected chi connectivity index (χ0v) is 16.1. The van der Waals surface area contributed by atoms with E-state index in [9.17, 15) is 4.79 Å². The van der Waals surface area contributed by atoms with Crippen molar-refractivity contribution in [2.75, 3.05) is 18.3 Å². The maximum Gasteiger partial charge on any atom is 0.410 e. The second kappa shape index (κ2) is 6.68. The Kier molecular flexibility index (Phi) is 4.50. The molecule has 1 saturated heterocycles. The number of carbonyl (C=O) groups is 1. The van der Waals surface area contributed by atoms with Gasteiger partial charge in [-0.3, -0.25) is 0 Å². The number of amides is 1. The third kappa shape index (κ3) is 3.77. The molecule has 0 bridgehead atoms. The van der Waals surface area contributed by atoms with E-state index in [2.05, 4.69) is 35.6 Å². The summed E-state index contributed by atoms with van der Waals surface area (Å²) < 4.78 is 5.53. The molecular formula is C21H29BN2O2. The van der Waals surface area contributed by atoms with Gasteiger partial charge in [-0.05, 0) is 57.0 Å². The van der Waals surface area contributed by atoms with E-state index in [1.807, 2.05) is 25.7 Å². The molecule has 26 heavy (non-hydrogen) atoms. The summed E-state index contributed by atoms with van der Waals surface area (Å²) in [6.45, 7) is 7.82. The van der Waals surface area contributed by atoms with Crippen LogP contribution in [0.15, 0.2) is 29.7 Å². The van der Waals surface area contributed by atoms with Gasteiger partial charge in [-0.25, -0.2) is 4.79 Å². The number of nitrogens with one attached hydrogen (secondary N) is 1. The van der Waals surface area contributed by atoms with Crippen molar-refractivity contribution in [2.24, 2.45) is 5.92 Å². The first-order chi connectivity index (χ1) is 12.4. The van der Waals surface area contributed by atoms with E-state index in [0.717, 1.165) is 31.7 Å². The lowest BCUT2D eigenvalue weighted by molar-refractivity contribution is 0.0196. The van der Waals surface area contributed by atoms with E-state index in [-0.39, 0.29) is 6.09 Å². The maximum absolute atomic E-state index is 12.3. The fraction of sp³-hybridized carbons (Fsp3) is 0.571. The van der Waals surface area contributed by atoms with Crippen molar-refractivity contribution in [1.29, 1.82) is 0 Å². The number of likely N-dealkylation sites (tertiary alicyclic amines) is 1. The molecule has 1 aromatic carbocycles. The zero-order valence-electron chi connectivity index (χ0n) is 16.1. The standard InChI is InChI=1S/C21H29BN2O2/c1-21(2,3)26-20(25)24-12-10-15(11-13-24)18-14-16-6-4-5-7-19(16)23-22(18)17-8-9-17/h4-7,14-15,17,23H,8-13H2,1-3H3. The Balaban J connectivity index is 1.46. The van der Waals surface area contributed by atoms with Crippen LogP contribution in [-0.2, 0) is 4.74 Å². The third-order valence-electron chi connectivity index (χ3n) is 5.66. The molecule has 5 heteroatoms. The maximum atomic E-state index is 12.3. The summed E-state index contributed by atoms with van der Waals surface area (Å²) in [6, 6.07) is 8.59. The first-order valence-electron chi connectivity index (χ1n) is 9.96. The quantitative estimate of drug-likeness (QED) is 0.775. The van der Waals surface area contributed by atoms with Crippen molar-refractivity contribution in [3.63, 3.8) is 0 Å². The van der Waals surface area contributed by atoms with E-state index in [0.29, 0.717) is 12.8 Å². The van der Waals surface area contributed by atoms with Crippen molar-refractivity contribution in [3.8, 4) is 0 Å². The highest BCUT2D eigenvalue weighted by atomic mass is 16.6. The Morgan fingerprint density at radius 1 is 1.15 bits per heavy atom. The Morgan fingerprint density at radius 3 is 2.50 bits per heavy atom. The molecule has 0 unspecified atom stereocenters. The van der Waals surface area contributed by atoms with Crippen LogP contribution in [-0.4, -0.2) is 36.5 Å². The second-order valence-electron chi connectivity index (χ2n) is 8.93. The van der Waals surface area contributed by atoms with Crippen molar-refractivity contribution in [1.82, 2.24) is 4.90 Å². The van der Waals surface area contributed by atoms with Crippen LogP contribution in [0, 0.1) is 5.92 Å². The predicted molar refractivity (Wildman–Crippen MR) is 107 cm³/mol.